The van der Waals surface area contributed by atoms with E-state index in [0.29, 0.717) is 17.6 Å². The highest BCUT2D eigenvalue weighted by molar-refractivity contribution is 5.62. The van der Waals surface area contributed by atoms with Gasteiger partial charge in [0.15, 0.2) is 5.82 Å². The molecule has 1 fully saturated rings. The van der Waals surface area contributed by atoms with E-state index < -0.39 is 0 Å². The van der Waals surface area contributed by atoms with Crippen molar-refractivity contribution in [2.75, 3.05) is 18.2 Å². The summed E-state index contributed by atoms with van der Waals surface area (Å²) in [5, 5.41) is 3.41. The van der Waals surface area contributed by atoms with Crippen molar-refractivity contribution in [2.24, 2.45) is 5.92 Å². The fourth-order valence-electron chi connectivity index (χ4n) is 2.47. The minimum Gasteiger partial charge on any atom is -0.481 e. The molecule has 1 heterocycles. The molecule has 1 saturated carbocycles. The first-order valence-corrected chi connectivity index (χ1v) is 6.27. The van der Waals surface area contributed by atoms with E-state index in [0.717, 1.165) is 11.7 Å². The monoisotopic (exact) mass is 235 g/mol. The number of aromatic nitrogens is 1. The molecule has 1 aromatic rings. The molecule has 4 heteroatoms. The second-order valence-corrected chi connectivity index (χ2v) is 4.77. The average Bonchev–Trinajstić information content (AvgIpc) is 2.85. The highest BCUT2D eigenvalue weighted by atomic mass is 16.5. The van der Waals surface area contributed by atoms with Crippen LogP contribution in [-0.4, -0.2) is 18.1 Å². The van der Waals surface area contributed by atoms with Crippen molar-refractivity contribution in [3.63, 3.8) is 0 Å². The number of hydrogen-bond donors (Lipinski definition) is 2. The zero-order chi connectivity index (χ0) is 12.3. The number of rotatable bonds is 4. The summed E-state index contributed by atoms with van der Waals surface area (Å²) in [5.74, 6) is 2.08. The van der Waals surface area contributed by atoms with Gasteiger partial charge in [0.1, 0.15) is 0 Å². The zero-order valence-electron chi connectivity index (χ0n) is 10.6. The van der Waals surface area contributed by atoms with Gasteiger partial charge in [-0.15, -0.1) is 0 Å². The summed E-state index contributed by atoms with van der Waals surface area (Å²) in [5.41, 5.74) is 6.59. The van der Waals surface area contributed by atoms with Gasteiger partial charge in [-0.1, -0.05) is 12.8 Å². The Hall–Kier alpha value is -1.45. The number of ether oxygens (including phenoxy) is 1. The number of nitrogens with zero attached hydrogens (tertiary/aromatic N) is 1. The van der Waals surface area contributed by atoms with Crippen LogP contribution in [0.3, 0.4) is 0 Å². The predicted octanol–water partition coefficient (Wildman–Crippen LogP) is 2.66. The Balaban J connectivity index is 2.06. The largest absolute Gasteiger partial charge is 0.481 e. The number of pyridine rings is 1. The Bertz CT molecular complexity index is 375. The average molecular weight is 235 g/mol. The van der Waals surface area contributed by atoms with E-state index in [1.54, 1.807) is 13.2 Å². The molecular weight excluding hydrogens is 214 g/mol. The molecule has 17 heavy (non-hydrogen) atoms. The van der Waals surface area contributed by atoms with Gasteiger partial charge in [-0.3, -0.25) is 0 Å². The number of nitrogen functional groups attached to an aromatic ring is 1. The maximum atomic E-state index is 5.91. The van der Waals surface area contributed by atoms with Crippen LogP contribution < -0.4 is 15.8 Å². The molecule has 0 spiro atoms. The van der Waals surface area contributed by atoms with Gasteiger partial charge in [0.05, 0.1) is 12.8 Å². The van der Waals surface area contributed by atoms with Gasteiger partial charge in [0, 0.05) is 12.1 Å². The molecule has 0 saturated heterocycles. The Labute approximate surface area is 103 Å². The smallest absolute Gasteiger partial charge is 0.215 e. The number of anilines is 2. The van der Waals surface area contributed by atoms with E-state index in [1.807, 2.05) is 6.07 Å². The lowest BCUT2D eigenvalue weighted by Crippen LogP contribution is -2.25. The lowest BCUT2D eigenvalue weighted by Gasteiger charge is -2.21. The molecule has 1 aliphatic carbocycles. The van der Waals surface area contributed by atoms with Crippen molar-refractivity contribution in [1.29, 1.82) is 0 Å². The number of nitrogens with two attached hydrogens (primary N) is 1. The van der Waals surface area contributed by atoms with Crippen LogP contribution in [-0.2, 0) is 0 Å². The maximum absolute atomic E-state index is 5.91. The minimum atomic E-state index is 0.416. The summed E-state index contributed by atoms with van der Waals surface area (Å²) >= 11 is 0. The quantitative estimate of drug-likeness (QED) is 0.842. The highest BCUT2D eigenvalue weighted by Crippen LogP contribution is 2.30. The lowest BCUT2D eigenvalue weighted by atomic mass is 10.00. The van der Waals surface area contributed by atoms with E-state index in [4.69, 9.17) is 10.5 Å². The molecule has 0 radical (unpaired) electrons. The third-order valence-electron chi connectivity index (χ3n) is 3.58. The Kier molecular flexibility index (Phi) is 3.71. The van der Waals surface area contributed by atoms with Crippen molar-refractivity contribution >= 4 is 11.5 Å². The molecule has 0 aromatic carbocycles. The number of methoxy groups -OCH3 is 1. The topological polar surface area (TPSA) is 60.2 Å². The van der Waals surface area contributed by atoms with Crippen LogP contribution in [0.15, 0.2) is 12.1 Å². The zero-order valence-corrected chi connectivity index (χ0v) is 10.6. The van der Waals surface area contributed by atoms with Gasteiger partial charge < -0.3 is 15.8 Å². The van der Waals surface area contributed by atoms with Crippen molar-refractivity contribution < 1.29 is 4.74 Å². The van der Waals surface area contributed by atoms with Gasteiger partial charge in [-0.05, 0) is 31.7 Å². The molecule has 0 bridgehead atoms. The normalized spacial score (nSPS) is 18.0. The van der Waals surface area contributed by atoms with Crippen molar-refractivity contribution in [1.82, 2.24) is 4.98 Å². The molecule has 94 valence electrons. The van der Waals surface area contributed by atoms with Crippen LogP contribution in [0.25, 0.3) is 0 Å². The van der Waals surface area contributed by atoms with Gasteiger partial charge >= 0.3 is 0 Å². The third kappa shape index (κ3) is 2.81. The van der Waals surface area contributed by atoms with Crippen LogP contribution in [0.5, 0.6) is 5.88 Å². The molecule has 1 unspecified atom stereocenters. The Morgan fingerprint density at radius 1 is 1.41 bits per heavy atom. The van der Waals surface area contributed by atoms with Crippen LogP contribution >= 0.6 is 0 Å². The van der Waals surface area contributed by atoms with Crippen molar-refractivity contribution in [3.05, 3.63) is 12.1 Å². The molecule has 0 amide bonds. The minimum absolute atomic E-state index is 0.416. The summed E-state index contributed by atoms with van der Waals surface area (Å²) in [6.45, 7) is 2.20. The molecule has 1 atom stereocenters. The summed E-state index contributed by atoms with van der Waals surface area (Å²) < 4.78 is 5.11. The van der Waals surface area contributed by atoms with E-state index in [9.17, 15) is 0 Å². The fourth-order valence-corrected chi connectivity index (χ4v) is 2.47. The van der Waals surface area contributed by atoms with Gasteiger partial charge in [0.2, 0.25) is 5.88 Å². The first kappa shape index (κ1) is 12.0. The van der Waals surface area contributed by atoms with E-state index >= 15 is 0 Å². The summed E-state index contributed by atoms with van der Waals surface area (Å²) in [7, 11) is 1.61. The molecular formula is C13H21N3O. The standard InChI is InChI=1S/C13H21N3O/c1-9(10-5-3-4-6-10)15-13-11(14)7-8-12(16-13)17-2/h7-10H,3-6,14H2,1-2H3,(H,15,16). The fraction of sp³-hybridized carbons (Fsp3) is 0.615. The Morgan fingerprint density at radius 2 is 2.12 bits per heavy atom. The summed E-state index contributed by atoms with van der Waals surface area (Å²) in [4.78, 5) is 4.34. The Morgan fingerprint density at radius 3 is 2.76 bits per heavy atom. The van der Waals surface area contributed by atoms with E-state index in [2.05, 4.69) is 17.2 Å². The lowest BCUT2D eigenvalue weighted by molar-refractivity contribution is 0.398. The SMILES string of the molecule is COc1ccc(N)c(NC(C)C2CCCC2)n1. The molecule has 1 aromatic heterocycles. The van der Waals surface area contributed by atoms with Gasteiger partial charge in [0.25, 0.3) is 0 Å². The maximum Gasteiger partial charge on any atom is 0.215 e. The summed E-state index contributed by atoms with van der Waals surface area (Å²) in [6.07, 6.45) is 5.30. The second-order valence-electron chi connectivity index (χ2n) is 4.77. The molecule has 2 rings (SSSR count). The van der Waals surface area contributed by atoms with Crippen LogP contribution in [0.4, 0.5) is 11.5 Å². The molecule has 1 aliphatic rings. The molecule has 0 aliphatic heterocycles. The second kappa shape index (κ2) is 5.25. The highest BCUT2D eigenvalue weighted by Gasteiger charge is 2.22. The molecule has 4 nitrogen and oxygen atoms in total. The van der Waals surface area contributed by atoms with Gasteiger partial charge in [-0.2, -0.15) is 4.98 Å². The van der Waals surface area contributed by atoms with Crippen LogP contribution in [0.1, 0.15) is 32.6 Å². The van der Waals surface area contributed by atoms with Crippen LogP contribution in [0.2, 0.25) is 0 Å². The predicted molar refractivity (Wildman–Crippen MR) is 70.2 cm³/mol. The first-order chi connectivity index (χ1) is 8.20. The number of hydrogen-bond acceptors (Lipinski definition) is 4. The van der Waals surface area contributed by atoms with Gasteiger partial charge in [-0.25, -0.2) is 0 Å². The van der Waals surface area contributed by atoms with E-state index in [-0.39, 0.29) is 0 Å². The van der Waals surface area contributed by atoms with Crippen molar-refractivity contribution in [2.45, 2.75) is 38.6 Å². The number of nitrogens with one attached hydrogen (secondary N) is 1. The van der Waals surface area contributed by atoms with Crippen LogP contribution in [0, 0.1) is 5.92 Å². The third-order valence-corrected chi connectivity index (χ3v) is 3.58. The van der Waals surface area contributed by atoms with Crippen molar-refractivity contribution in [3.8, 4) is 5.88 Å². The summed E-state index contributed by atoms with van der Waals surface area (Å²) in [6, 6.07) is 4.02. The first-order valence-electron chi connectivity index (χ1n) is 6.27. The van der Waals surface area contributed by atoms with E-state index in [1.165, 1.54) is 25.7 Å². The molecule has 3 N–H and O–H groups in total.